The van der Waals surface area contributed by atoms with Gasteiger partial charge in [0.25, 0.3) is 0 Å². The molecule has 1 amide bonds. The fourth-order valence-electron chi connectivity index (χ4n) is 1.40. The van der Waals surface area contributed by atoms with Crippen LogP contribution < -0.4 is 10.1 Å². The van der Waals surface area contributed by atoms with Gasteiger partial charge in [0.1, 0.15) is 5.75 Å². The van der Waals surface area contributed by atoms with E-state index in [1.165, 1.54) is 11.8 Å². The molecule has 0 aromatic heterocycles. The van der Waals surface area contributed by atoms with Crippen molar-refractivity contribution in [3.05, 3.63) is 24.3 Å². The van der Waals surface area contributed by atoms with Crippen LogP contribution in [-0.4, -0.2) is 35.9 Å². The second-order valence-corrected chi connectivity index (χ2v) is 5.83. The zero-order chi connectivity index (χ0) is 15.1. The van der Waals surface area contributed by atoms with Crippen LogP contribution in [0, 0.1) is 5.92 Å². The summed E-state index contributed by atoms with van der Waals surface area (Å²) in [5, 5.41) is 11.1. The molecule has 0 aliphatic carbocycles. The summed E-state index contributed by atoms with van der Waals surface area (Å²) >= 11 is 1.42. The van der Waals surface area contributed by atoms with E-state index in [0.717, 1.165) is 10.6 Å². The largest absolute Gasteiger partial charge is 0.497 e. The number of carbonyl (C=O) groups is 2. The molecule has 5 nitrogen and oxygen atoms in total. The van der Waals surface area contributed by atoms with Gasteiger partial charge in [0, 0.05) is 11.4 Å². The summed E-state index contributed by atoms with van der Waals surface area (Å²) in [6.45, 7) is 3.49. The van der Waals surface area contributed by atoms with Crippen molar-refractivity contribution in [1.29, 1.82) is 0 Å². The Morgan fingerprint density at radius 3 is 2.40 bits per heavy atom. The number of hydrogen-bond acceptors (Lipinski definition) is 4. The predicted molar refractivity (Wildman–Crippen MR) is 78.1 cm³/mol. The first-order chi connectivity index (χ1) is 9.43. The molecule has 2 N–H and O–H groups in total. The summed E-state index contributed by atoms with van der Waals surface area (Å²) in [4.78, 5) is 23.5. The number of ether oxygens (including phenoxy) is 1. The van der Waals surface area contributed by atoms with Crippen LogP contribution in [0.4, 0.5) is 0 Å². The number of methoxy groups -OCH3 is 1. The molecule has 0 spiro atoms. The third-order valence-corrected chi connectivity index (χ3v) is 3.86. The Hall–Kier alpha value is -1.69. The van der Waals surface area contributed by atoms with Crippen molar-refractivity contribution in [3.8, 4) is 5.75 Å². The van der Waals surface area contributed by atoms with Gasteiger partial charge in [0.15, 0.2) is 0 Å². The van der Waals surface area contributed by atoms with E-state index in [9.17, 15) is 9.59 Å². The average Bonchev–Trinajstić information content (AvgIpc) is 2.44. The zero-order valence-corrected chi connectivity index (χ0v) is 12.6. The normalized spacial score (nSPS) is 13.3. The molecule has 2 atom stereocenters. The summed E-state index contributed by atoms with van der Waals surface area (Å²) in [5.74, 6) is -0.904. The summed E-state index contributed by atoms with van der Waals surface area (Å²) in [6.07, 6.45) is 0. The second-order valence-electron chi connectivity index (χ2n) is 4.42. The van der Waals surface area contributed by atoms with Crippen LogP contribution in [0.5, 0.6) is 5.75 Å². The van der Waals surface area contributed by atoms with E-state index in [1.54, 1.807) is 21.0 Å². The first kappa shape index (κ1) is 16.4. The van der Waals surface area contributed by atoms with Gasteiger partial charge >= 0.3 is 5.97 Å². The van der Waals surface area contributed by atoms with Crippen molar-refractivity contribution in [2.24, 2.45) is 5.92 Å². The summed E-state index contributed by atoms with van der Waals surface area (Å²) in [5.41, 5.74) is 0. The number of nitrogens with one attached hydrogen (secondary N) is 1. The Kier molecular flexibility index (Phi) is 6.38. The van der Waals surface area contributed by atoms with Crippen molar-refractivity contribution in [1.82, 2.24) is 5.32 Å². The van der Waals surface area contributed by atoms with Gasteiger partial charge in [0.2, 0.25) is 5.91 Å². The first-order valence-electron chi connectivity index (χ1n) is 6.25. The van der Waals surface area contributed by atoms with Crippen LogP contribution in [0.1, 0.15) is 13.8 Å². The summed E-state index contributed by atoms with van der Waals surface area (Å²) < 4.78 is 5.06. The third kappa shape index (κ3) is 5.13. The minimum Gasteiger partial charge on any atom is -0.497 e. The van der Waals surface area contributed by atoms with Crippen molar-refractivity contribution < 1.29 is 19.4 Å². The molecule has 0 bridgehead atoms. The highest BCUT2D eigenvalue weighted by Crippen LogP contribution is 2.25. The van der Waals surface area contributed by atoms with E-state index in [4.69, 9.17) is 9.84 Å². The number of hydrogen-bond donors (Lipinski definition) is 2. The standard InChI is InChI=1S/C14H19NO4S/c1-9(14(17)18)8-15-13(16)10(2)20-12-6-4-11(19-3)5-7-12/h4-7,9-10H,8H2,1-3H3,(H,15,16)(H,17,18). The van der Waals surface area contributed by atoms with E-state index in [2.05, 4.69) is 5.32 Å². The van der Waals surface area contributed by atoms with Crippen molar-refractivity contribution >= 4 is 23.6 Å². The predicted octanol–water partition coefficient (Wildman–Crippen LogP) is 2.01. The number of carboxylic acid groups (broad SMARTS) is 1. The molecule has 1 aromatic carbocycles. The Morgan fingerprint density at radius 2 is 1.90 bits per heavy atom. The van der Waals surface area contributed by atoms with Gasteiger partial charge in [-0.15, -0.1) is 11.8 Å². The van der Waals surface area contributed by atoms with Crippen LogP contribution >= 0.6 is 11.8 Å². The maximum absolute atomic E-state index is 11.8. The topological polar surface area (TPSA) is 75.6 Å². The van der Waals surface area contributed by atoms with Gasteiger partial charge in [-0.05, 0) is 31.2 Å². The molecule has 1 rings (SSSR count). The molecule has 110 valence electrons. The van der Waals surface area contributed by atoms with Crippen LogP contribution in [0.25, 0.3) is 0 Å². The lowest BCUT2D eigenvalue weighted by atomic mass is 10.2. The molecule has 0 radical (unpaired) electrons. The second kappa shape index (κ2) is 7.79. The van der Waals surface area contributed by atoms with Gasteiger partial charge in [-0.1, -0.05) is 6.92 Å². The molecule has 6 heteroatoms. The van der Waals surface area contributed by atoms with Gasteiger partial charge < -0.3 is 15.2 Å². The molecule has 0 fully saturated rings. The van der Waals surface area contributed by atoms with Gasteiger partial charge in [-0.25, -0.2) is 0 Å². The smallest absolute Gasteiger partial charge is 0.308 e. The molecule has 0 saturated heterocycles. The highest BCUT2D eigenvalue weighted by Gasteiger charge is 2.17. The lowest BCUT2D eigenvalue weighted by Crippen LogP contribution is -2.36. The molecule has 20 heavy (non-hydrogen) atoms. The Balaban J connectivity index is 2.46. The number of carbonyl (C=O) groups excluding carboxylic acids is 1. The Labute approximate surface area is 122 Å². The number of amides is 1. The highest BCUT2D eigenvalue weighted by molar-refractivity contribution is 8.00. The molecule has 0 aliphatic rings. The first-order valence-corrected chi connectivity index (χ1v) is 7.13. The van der Waals surface area contributed by atoms with Crippen LogP contribution in [0.3, 0.4) is 0 Å². The van der Waals surface area contributed by atoms with E-state index in [0.29, 0.717) is 0 Å². The van der Waals surface area contributed by atoms with E-state index >= 15 is 0 Å². The van der Waals surface area contributed by atoms with Crippen LogP contribution in [0.15, 0.2) is 29.2 Å². The molecule has 0 saturated carbocycles. The molecule has 0 heterocycles. The van der Waals surface area contributed by atoms with Gasteiger partial charge in [-0.3, -0.25) is 9.59 Å². The number of aliphatic carboxylic acids is 1. The molecule has 1 aromatic rings. The Bertz CT molecular complexity index is 461. The maximum Gasteiger partial charge on any atom is 0.308 e. The van der Waals surface area contributed by atoms with Crippen molar-refractivity contribution in [3.63, 3.8) is 0 Å². The van der Waals surface area contributed by atoms with E-state index in [-0.39, 0.29) is 17.7 Å². The van der Waals surface area contributed by atoms with E-state index in [1.807, 2.05) is 24.3 Å². The molecule has 2 unspecified atom stereocenters. The SMILES string of the molecule is COc1ccc(SC(C)C(=O)NCC(C)C(=O)O)cc1. The van der Waals surface area contributed by atoms with Crippen molar-refractivity contribution in [2.45, 2.75) is 24.0 Å². The third-order valence-electron chi connectivity index (χ3n) is 2.75. The van der Waals surface area contributed by atoms with Crippen LogP contribution in [0.2, 0.25) is 0 Å². The maximum atomic E-state index is 11.8. The monoisotopic (exact) mass is 297 g/mol. The van der Waals surface area contributed by atoms with Crippen molar-refractivity contribution in [2.75, 3.05) is 13.7 Å². The van der Waals surface area contributed by atoms with Gasteiger partial charge in [-0.2, -0.15) is 0 Å². The number of benzene rings is 1. The lowest BCUT2D eigenvalue weighted by Gasteiger charge is -2.13. The number of rotatable bonds is 7. The summed E-state index contributed by atoms with van der Waals surface area (Å²) in [6, 6.07) is 7.43. The zero-order valence-electron chi connectivity index (χ0n) is 11.8. The fraction of sp³-hybridized carbons (Fsp3) is 0.429. The fourth-order valence-corrected chi connectivity index (χ4v) is 2.29. The quantitative estimate of drug-likeness (QED) is 0.753. The number of thioether (sulfide) groups is 1. The molecular weight excluding hydrogens is 278 g/mol. The minimum atomic E-state index is -0.916. The Morgan fingerprint density at radius 1 is 1.30 bits per heavy atom. The highest BCUT2D eigenvalue weighted by atomic mass is 32.2. The average molecular weight is 297 g/mol. The lowest BCUT2D eigenvalue weighted by molar-refractivity contribution is -0.141. The van der Waals surface area contributed by atoms with Crippen LogP contribution in [-0.2, 0) is 9.59 Å². The number of carboxylic acids is 1. The molecular formula is C14H19NO4S. The minimum absolute atomic E-state index is 0.141. The summed E-state index contributed by atoms with van der Waals surface area (Å²) in [7, 11) is 1.60. The molecule has 0 aliphatic heterocycles. The van der Waals surface area contributed by atoms with E-state index < -0.39 is 11.9 Å². The van der Waals surface area contributed by atoms with Gasteiger partial charge in [0.05, 0.1) is 18.3 Å².